The van der Waals surface area contributed by atoms with Crippen molar-refractivity contribution in [2.75, 3.05) is 12.3 Å². The summed E-state index contributed by atoms with van der Waals surface area (Å²) >= 11 is 0. The molecule has 0 unspecified atom stereocenters. The van der Waals surface area contributed by atoms with Gasteiger partial charge in [-0.25, -0.2) is 4.98 Å². The summed E-state index contributed by atoms with van der Waals surface area (Å²) in [5.74, 6) is 1.01. The van der Waals surface area contributed by atoms with Gasteiger partial charge < -0.3 is 5.32 Å². The zero-order valence-electron chi connectivity index (χ0n) is 25.4. The van der Waals surface area contributed by atoms with Crippen LogP contribution in [0, 0.1) is 0 Å². The molecule has 5 heteroatoms. The van der Waals surface area contributed by atoms with E-state index in [1.54, 1.807) is 27.8 Å². The molecule has 3 nitrogen and oxygen atoms in total. The summed E-state index contributed by atoms with van der Waals surface area (Å²) in [6.45, 7) is 13.9. The fraction of sp³-hybridized carbons (Fsp3) is 0.529. The molecule has 0 aliphatic heterocycles. The first-order valence-corrected chi connectivity index (χ1v) is 16.8. The van der Waals surface area contributed by atoms with Crippen molar-refractivity contribution in [3.8, 4) is 0 Å². The number of aromatic nitrogens is 1. The Morgan fingerprint density at radius 2 is 1.26 bits per heavy atom. The van der Waals surface area contributed by atoms with E-state index < -0.39 is 0 Å². The zero-order chi connectivity index (χ0) is 28.7. The van der Waals surface area contributed by atoms with Crippen molar-refractivity contribution in [3.63, 3.8) is 0 Å². The Labute approximate surface area is 247 Å². The van der Waals surface area contributed by atoms with Crippen LogP contribution in [0.25, 0.3) is 0 Å². The maximum atomic E-state index is 12.1. The Balaban J connectivity index is 2.12. The summed E-state index contributed by atoms with van der Waals surface area (Å²) in [5.41, 5.74) is 7.18. The largest absolute Gasteiger partial charge is 0.355 e. The summed E-state index contributed by atoms with van der Waals surface area (Å²) in [6.07, 6.45) is 24.0. The first kappa shape index (κ1) is 35.0. The predicted molar refractivity (Wildman–Crippen MR) is 176 cm³/mol. The number of hydrogen-bond acceptors (Lipinski definition) is 4. The molecular formula is C34H52N2OS2. The van der Waals surface area contributed by atoms with Crippen molar-refractivity contribution >= 4 is 27.5 Å². The number of carbonyl (C=O) groups is 1. The van der Waals surface area contributed by atoms with Crippen LogP contribution in [0.4, 0.5) is 0 Å². The van der Waals surface area contributed by atoms with Crippen molar-refractivity contribution < 1.29 is 4.79 Å². The molecule has 1 N–H and O–H groups in total. The van der Waals surface area contributed by atoms with E-state index in [2.05, 4.69) is 82.2 Å². The van der Waals surface area contributed by atoms with Gasteiger partial charge in [0.05, 0.1) is 0 Å². The molecule has 1 rings (SSSR count). The molecule has 0 aliphatic carbocycles. The van der Waals surface area contributed by atoms with Gasteiger partial charge in [-0.15, -0.1) is 0 Å². The minimum absolute atomic E-state index is 0.135. The number of pyridine rings is 1. The molecule has 0 aromatic carbocycles. The van der Waals surface area contributed by atoms with Crippen molar-refractivity contribution in [2.45, 2.75) is 111 Å². The topological polar surface area (TPSA) is 42.0 Å². The fourth-order valence-electron chi connectivity index (χ4n) is 3.88. The number of nitrogens with one attached hydrogen (secondary N) is 1. The quantitative estimate of drug-likeness (QED) is 0.0965. The number of unbranched alkanes of at least 4 members (excludes halogenated alkanes) is 1. The van der Waals surface area contributed by atoms with Crippen LogP contribution in [-0.4, -0.2) is 23.2 Å². The molecular weight excluding hydrogens is 517 g/mol. The van der Waals surface area contributed by atoms with Gasteiger partial charge in [-0.3, -0.25) is 4.79 Å². The van der Waals surface area contributed by atoms with Crippen molar-refractivity contribution in [1.29, 1.82) is 0 Å². The second kappa shape index (κ2) is 22.8. The minimum Gasteiger partial charge on any atom is -0.355 e. The molecule has 216 valence electrons. The smallest absolute Gasteiger partial charge is 0.220 e. The average Bonchev–Trinajstić information content (AvgIpc) is 2.90. The molecule has 0 bridgehead atoms. The molecule has 0 spiro atoms. The zero-order valence-corrected chi connectivity index (χ0v) is 27.0. The van der Waals surface area contributed by atoms with E-state index in [0.29, 0.717) is 13.0 Å². The van der Waals surface area contributed by atoms with E-state index in [4.69, 9.17) is 0 Å². The third-order valence-corrected chi connectivity index (χ3v) is 8.61. The first-order chi connectivity index (χ1) is 18.8. The molecule has 1 heterocycles. The van der Waals surface area contributed by atoms with Crippen LogP contribution in [0.15, 0.2) is 87.7 Å². The summed E-state index contributed by atoms with van der Waals surface area (Å²) in [6, 6.07) is 5.90. The average molecular weight is 569 g/mol. The number of nitrogens with zero attached hydrogens (tertiary/aromatic N) is 1. The highest BCUT2D eigenvalue weighted by atomic mass is 33.1. The SMILES string of the molecule is CC(C)=CCCC(C)=CCCC(C)=CCCC=C(C)CCC=C(C)CCC(=O)NCCSSc1ccccn1. The molecule has 1 aromatic heterocycles. The van der Waals surface area contributed by atoms with E-state index in [1.165, 1.54) is 34.3 Å². The molecule has 0 saturated heterocycles. The van der Waals surface area contributed by atoms with Gasteiger partial charge in [-0.05, 0) is 122 Å². The van der Waals surface area contributed by atoms with Crippen LogP contribution in [0.5, 0.6) is 0 Å². The van der Waals surface area contributed by atoms with Gasteiger partial charge in [-0.2, -0.15) is 0 Å². The summed E-state index contributed by atoms with van der Waals surface area (Å²) in [4.78, 5) is 16.4. The second-order valence-corrected chi connectivity index (χ2v) is 13.0. The number of amides is 1. The van der Waals surface area contributed by atoms with Crippen LogP contribution < -0.4 is 5.32 Å². The van der Waals surface area contributed by atoms with E-state index in [0.717, 1.165) is 62.1 Å². The molecule has 0 saturated carbocycles. The molecule has 0 fully saturated rings. The lowest BCUT2D eigenvalue weighted by Crippen LogP contribution is -2.25. The maximum absolute atomic E-state index is 12.1. The Bertz CT molecular complexity index is 970. The van der Waals surface area contributed by atoms with E-state index in [9.17, 15) is 4.79 Å². The lowest BCUT2D eigenvalue weighted by atomic mass is 10.0. The molecule has 1 amide bonds. The number of allylic oxidation sites excluding steroid dienone is 10. The summed E-state index contributed by atoms with van der Waals surface area (Å²) in [7, 11) is 3.37. The van der Waals surface area contributed by atoms with E-state index in [1.807, 2.05) is 18.2 Å². The normalized spacial score (nSPS) is 13.0. The highest BCUT2D eigenvalue weighted by molar-refractivity contribution is 8.76. The van der Waals surface area contributed by atoms with Gasteiger partial charge in [0.15, 0.2) is 0 Å². The highest BCUT2D eigenvalue weighted by Gasteiger charge is 2.02. The van der Waals surface area contributed by atoms with Gasteiger partial charge in [0.1, 0.15) is 5.03 Å². The van der Waals surface area contributed by atoms with E-state index >= 15 is 0 Å². The third kappa shape index (κ3) is 21.5. The number of rotatable bonds is 20. The van der Waals surface area contributed by atoms with Crippen LogP contribution in [0.3, 0.4) is 0 Å². The summed E-state index contributed by atoms with van der Waals surface area (Å²) in [5, 5.41) is 4.02. The lowest BCUT2D eigenvalue weighted by Gasteiger charge is -2.06. The van der Waals surface area contributed by atoms with Gasteiger partial charge >= 0.3 is 0 Å². The third-order valence-electron chi connectivity index (χ3n) is 6.34. The highest BCUT2D eigenvalue weighted by Crippen LogP contribution is 2.28. The fourth-order valence-corrected chi connectivity index (χ4v) is 5.66. The lowest BCUT2D eigenvalue weighted by molar-refractivity contribution is -0.120. The van der Waals surface area contributed by atoms with Crippen molar-refractivity contribution in [2.24, 2.45) is 0 Å². The Hall–Kier alpha value is -1.98. The Kier molecular flexibility index (Phi) is 20.5. The minimum atomic E-state index is 0.135. The monoisotopic (exact) mass is 568 g/mol. The second-order valence-electron chi connectivity index (χ2n) is 10.6. The summed E-state index contributed by atoms with van der Waals surface area (Å²) < 4.78 is 0. The van der Waals surface area contributed by atoms with Crippen LogP contribution in [-0.2, 0) is 4.79 Å². The number of hydrogen-bond donors (Lipinski definition) is 1. The maximum Gasteiger partial charge on any atom is 0.220 e. The molecule has 0 atom stereocenters. The Morgan fingerprint density at radius 1 is 0.718 bits per heavy atom. The standard InChI is InChI=1S/C34H52N2OS2/c1-28(2)14-11-17-31(5)20-12-18-29(3)15-7-8-16-30(4)19-13-21-32(6)23-24-33(37)35-26-27-38-39-34-22-9-10-25-36-34/h9-10,14-16,20-22,25H,7-8,11-13,17-19,23-24,26-27H2,1-6H3,(H,35,37). The first-order valence-electron chi connectivity index (χ1n) is 14.5. The molecule has 1 aromatic rings. The van der Waals surface area contributed by atoms with Crippen LogP contribution in [0.1, 0.15) is 106 Å². The molecule has 39 heavy (non-hydrogen) atoms. The van der Waals surface area contributed by atoms with Gasteiger partial charge in [0, 0.05) is 24.9 Å². The van der Waals surface area contributed by atoms with Gasteiger partial charge in [-0.1, -0.05) is 75.1 Å². The molecule has 0 radical (unpaired) electrons. The number of carbonyl (C=O) groups excluding carboxylic acids is 1. The Morgan fingerprint density at radius 3 is 1.79 bits per heavy atom. The van der Waals surface area contributed by atoms with Gasteiger partial charge in [0.25, 0.3) is 0 Å². The van der Waals surface area contributed by atoms with E-state index in [-0.39, 0.29) is 5.91 Å². The van der Waals surface area contributed by atoms with Crippen molar-refractivity contribution in [3.05, 3.63) is 82.6 Å². The van der Waals surface area contributed by atoms with Crippen LogP contribution in [0.2, 0.25) is 0 Å². The molecule has 0 aliphatic rings. The van der Waals surface area contributed by atoms with Crippen molar-refractivity contribution in [1.82, 2.24) is 10.3 Å². The van der Waals surface area contributed by atoms with Crippen LogP contribution >= 0.6 is 21.6 Å². The van der Waals surface area contributed by atoms with Gasteiger partial charge in [0.2, 0.25) is 5.91 Å². The predicted octanol–water partition coefficient (Wildman–Crippen LogP) is 10.6.